The first-order valence-electron chi connectivity index (χ1n) is 8.77. The van der Waals surface area contributed by atoms with E-state index in [0.717, 1.165) is 28.1 Å². The number of halogens is 1. The van der Waals surface area contributed by atoms with Crippen molar-refractivity contribution in [2.45, 2.75) is 33.3 Å². The molecule has 0 bridgehead atoms. The van der Waals surface area contributed by atoms with Crippen molar-refractivity contribution < 1.29 is 28.9 Å². The van der Waals surface area contributed by atoms with E-state index >= 15 is 0 Å². The largest absolute Gasteiger partial charge is 0.481 e. The Morgan fingerprint density at radius 1 is 1.18 bits per heavy atom. The van der Waals surface area contributed by atoms with Crippen LogP contribution in [-0.2, 0) is 9.36 Å². The summed E-state index contributed by atoms with van der Waals surface area (Å²) in [6, 6.07) is 8.61. The van der Waals surface area contributed by atoms with Gasteiger partial charge in [-0.05, 0) is 66.8 Å². The van der Waals surface area contributed by atoms with Gasteiger partial charge in [-0.1, -0.05) is 23.8 Å². The Morgan fingerprint density at radius 3 is 2.46 bits per heavy atom. The number of hydrogen-bond donors (Lipinski definition) is 3. The summed E-state index contributed by atoms with van der Waals surface area (Å²) in [6.07, 6.45) is -1.03. The predicted octanol–water partition coefficient (Wildman–Crippen LogP) is 4.49. The molecular weight excluding hydrogens is 382 g/mol. The summed E-state index contributed by atoms with van der Waals surface area (Å²) < 4.78 is 26.0. The second-order valence-electron chi connectivity index (χ2n) is 7.01. The van der Waals surface area contributed by atoms with E-state index in [9.17, 15) is 23.7 Å². The van der Waals surface area contributed by atoms with Crippen molar-refractivity contribution in [2.24, 2.45) is 0 Å². The second-order valence-corrected chi connectivity index (χ2v) is 9.19. The third kappa shape index (κ3) is 5.86. The van der Waals surface area contributed by atoms with Gasteiger partial charge in [0, 0.05) is 5.82 Å². The lowest BCUT2D eigenvalue weighted by atomic mass is 9.93. The van der Waals surface area contributed by atoms with Gasteiger partial charge in [-0.25, -0.2) is 4.39 Å². The zero-order chi connectivity index (χ0) is 21.1. The van der Waals surface area contributed by atoms with Crippen LogP contribution in [0.2, 0.25) is 0 Å². The zero-order valence-electron chi connectivity index (χ0n) is 16.0. The third-order valence-electron chi connectivity index (χ3n) is 4.36. The fraction of sp³-hybridized carbons (Fsp3) is 0.286. The molecule has 0 spiro atoms. The summed E-state index contributed by atoms with van der Waals surface area (Å²) in [6.45, 7) is 5.47. The van der Waals surface area contributed by atoms with Crippen molar-refractivity contribution in [1.82, 2.24) is 0 Å². The van der Waals surface area contributed by atoms with E-state index in [1.165, 1.54) is 12.1 Å². The number of aryl methyl sites for hydroxylation is 3. The van der Waals surface area contributed by atoms with E-state index in [1.54, 1.807) is 19.1 Å². The Kier molecular flexibility index (Phi) is 6.94. The summed E-state index contributed by atoms with van der Waals surface area (Å²) in [7, 11) is -3.88. The summed E-state index contributed by atoms with van der Waals surface area (Å²) in [4.78, 5) is 20.7. The number of aliphatic carboxylic acids is 1. The highest BCUT2D eigenvalue weighted by molar-refractivity contribution is 7.61. The molecule has 0 saturated heterocycles. The van der Waals surface area contributed by atoms with Crippen molar-refractivity contribution in [3.05, 3.63) is 64.2 Å². The summed E-state index contributed by atoms with van der Waals surface area (Å²) in [5, 5.41) is 18.3. The first kappa shape index (κ1) is 22.0. The molecule has 0 saturated carbocycles. The Labute approximate surface area is 163 Å². The first-order valence-corrected chi connectivity index (χ1v) is 10.7. The van der Waals surface area contributed by atoms with E-state index in [2.05, 4.69) is 0 Å². The number of carbonyl (C=O) groups is 1. The molecule has 2 atom stereocenters. The highest BCUT2D eigenvalue weighted by Gasteiger charge is 2.22. The van der Waals surface area contributed by atoms with Crippen LogP contribution >= 0.6 is 7.37 Å². The minimum absolute atomic E-state index is 0.308. The molecule has 0 radical (unpaired) electrons. The Balaban J connectivity index is 2.42. The number of carboxylic acid groups (broad SMARTS) is 1. The van der Waals surface area contributed by atoms with Gasteiger partial charge in [0.1, 0.15) is 5.82 Å². The molecule has 2 rings (SSSR count). The van der Waals surface area contributed by atoms with E-state index in [-0.39, 0.29) is 5.82 Å². The van der Waals surface area contributed by atoms with Crippen LogP contribution in [0.15, 0.2) is 36.1 Å². The zero-order valence-corrected chi connectivity index (χ0v) is 16.9. The van der Waals surface area contributed by atoms with Crippen LogP contribution in [0.5, 0.6) is 0 Å². The average Bonchev–Trinajstić information content (AvgIpc) is 2.54. The van der Waals surface area contributed by atoms with Crippen molar-refractivity contribution in [1.29, 1.82) is 0 Å². The summed E-state index contributed by atoms with van der Waals surface area (Å²) >= 11 is 0. The molecule has 0 aliphatic rings. The minimum atomic E-state index is -3.88. The summed E-state index contributed by atoms with van der Waals surface area (Å²) in [5.74, 6) is -0.423. The number of benzene rings is 2. The van der Waals surface area contributed by atoms with E-state index in [4.69, 9.17) is 5.11 Å². The lowest BCUT2D eigenvalue weighted by Gasteiger charge is -2.14. The smallest absolute Gasteiger partial charge is 0.305 e. The number of aliphatic hydroxyl groups excluding tert-OH is 1. The van der Waals surface area contributed by atoms with E-state index in [0.29, 0.717) is 11.1 Å². The standard InChI is InChI=1S/C21H24FO5P/c1-13-8-14(2)18(6-7-28(26,27)12-17(23)11-21(24)25)19(9-13)16-4-5-20(22)15(3)10-16/h4-10,17,23H,11-12H2,1-3H3,(H,24,25)(H,26,27)/b7-6+/t17-/m0/s1. The normalized spacial score (nSPS) is 14.8. The van der Waals surface area contributed by atoms with Gasteiger partial charge in [-0.2, -0.15) is 0 Å². The SMILES string of the molecule is Cc1cc(C)c(/C=C/P(=O)(O)C[C@@H](O)CC(=O)O)c(-c2ccc(F)c(C)c2)c1. The van der Waals surface area contributed by atoms with Gasteiger partial charge in [0.05, 0.1) is 18.7 Å². The van der Waals surface area contributed by atoms with Gasteiger partial charge in [0.25, 0.3) is 0 Å². The van der Waals surface area contributed by atoms with E-state index in [1.807, 2.05) is 26.0 Å². The van der Waals surface area contributed by atoms with Crippen LogP contribution in [-0.4, -0.2) is 33.3 Å². The second kappa shape index (κ2) is 8.82. The average molecular weight is 406 g/mol. The van der Waals surface area contributed by atoms with Gasteiger partial charge in [-0.15, -0.1) is 0 Å². The number of aliphatic hydroxyl groups is 1. The van der Waals surface area contributed by atoms with Gasteiger partial charge in [0.15, 0.2) is 0 Å². The van der Waals surface area contributed by atoms with E-state index < -0.39 is 32.0 Å². The van der Waals surface area contributed by atoms with Crippen LogP contribution in [0.4, 0.5) is 4.39 Å². The molecule has 0 fully saturated rings. The van der Waals surface area contributed by atoms with Crippen LogP contribution in [0.3, 0.4) is 0 Å². The lowest BCUT2D eigenvalue weighted by molar-refractivity contribution is -0.138. The molecule has 0 heterocycles. The Morgan fingerprint density at radius 2 is 1.86 bits per heavy atom. The van der Waals surface area contributed by atoms with Crippen molar-refractivity contribution in [2.75, 3.05) is 6.16 Å². The van der Waals surface area contributed by atoms with Gasteiger partial charge < -0.3 is 15.1 Å². The fourth-order valence-corrected chi connectivity index (χ4v) is 4.31. The molecule has 1 unspecified atom stereocenters. The predicted molar refractivity (Wildman–Crippen MR) is 108 cm³/mol. The maximum atomic E-state index is 13.6. The maximum Gasteiger partial charge on any atom is 0.305 e. The van der Waals surface area contributed by atoms with Crippen molar-refractivity contribution in [3.8, 4) is 11.1 Å². The molecular formula is C21H24FO5P. The van der Waals surface area contributed by atoms with Gasteiger partial charge in [0.2, 0.25) is 7.37 Å². The highest BCUT2D eigenvalue weighted by atomic mass is 31.2. The van der Waals surface area contributed by atoms with Crippen molar-refractivity contribution in [3.63, 3.8) is 0 Å². The van der Waals surface area contributed by atoms with Gasteiger partial charge >= 0.3 is 5.97 Å². The monoisotopic (exact) mass is 406 g/mol. The maximum absolute atomic E-state index is 13.6. The number of hydrogen-bond acceptors (Lipinski definition) is 3. The molecule has 0 aliphatic carbocycles. The molecule has 2 aromatic rings. The highest BCUT2D eigenvalue weighted by Crippen LogP contribution is 2.44. The molecule has 0 amide bonds. The molecule has 3 N–H and O–H groups in total. The van der Waals surface area contributed by atoms with Crippen LogP contribution in [0.1, 0.15) is 28.7 Å². The third-order valence-corrected chi connectivity index (χ3v) is 5.92. The molecule has 5 nitrogen and oxygen atoms in total. The van der Waals surface area contributed by atoms with Gasteiger partial charge in [-0.3, -0.25) is 9.36 Å². The quantitative estimate of drug-likeness (QED) is 0.589. The van der Waals surface area contributed by atoms with Crippen LogP contribution in [0, 0.1) is 26.6 Å². The molecule has 0 aromatic heterocycles. The lowest BCUT2D eigenvalue weighted by Crippen LogP contribution is -2.16. The topological polar surface area (TPSA) is 94.8 Å². The molecule has 0 aliphatic heterocycles. The Hall–Kier alpha value is -2.27. The Bertz CT molecular complexity index is 968. The van der Waals surface area contributed by atoms with Crippen molar-refractivity contribution >= 4 is 19.4 Å². The summed E-state index contributed by atoms with van der Waals surface area (Å²) in [5.41, 5.74) is 4.65. The first-order chi connectivity index (χ1) is 13.0. The molecule has 7 heteroatoms. The number of rotatable bonds is 7. The number of carboxylic acids is 1. The molecule has 28 heavy (non-hydrogen) atoms. The minimum Gasteiger partial charge on any atom is -0.481 e. The van der Waals surface area contributed by atoms with Crippen LogP contribution < -0.4 is 0 Å². The fourth-order valence-electron chi connectivity index (χ4n) is 3.07. The molecule has 150 valence electrons. The molecule has 2 aromatic carbocycles. The van der Waals surface area contributed by atoms with Crippen LogP contribution in [0.25, 0.3) is 17.2 Å².